The van der Waals surface area contributed by atoms with E-state index in [-0.39, 0.29) is 11.7 Å². The molecule has 12 heavy (non-hydrogen) atoms. The zero-order chi connectivity index (χ0) is 9.30. The smallest absolute Gasteiger partial charge is 0.188 e. The Morgan fingerprint density at radius 3 is 2.25 bits per heavy atom. The molecule has 0 atom stereocenters. The molecule has 0 aliphatic carbocycles. The molecule has 1 nitrogen and oxygen atoms in total. The molecule has 0 radical (unpaired) electrons. The lowest BCUT2D eigenvalue weighted by atomic mass is 10.3. The predicted octanol–water partition coefficient (Wildman–Crippen LogP) is 4.46. The summed E-state index contributed by atoms with van der Waals surface area (Å²) < 4.78 is 2.52. The molecule has 0 spiro atoms. The predicted molar refractivity (Wildman–Crippen MR) is 62.5 cm³/mol. The third-order valence-electron chi connectivity index (χ3n) is 1.13. The zero-order valence-electron chi connectivity index (χ0n) is 5.54. The van der Waals surface area contributed by atoms with Crippen LogP contribution >= 0.6 is 70.7 Å². The van der Waals surface area contributed by atoms with E-state index in [0.29, 0.717) is 4.88 Å². The second-order valence-electron chi connectivity index (χ2n) is 1.89. The van der Waals surface area contributed by atoms with E-state index < -0.39 is 0 Å². The lowest BCUT2D eigenvalue weighted by Gasteiger charge is -1.90. The SMILES string of the molecule is O=C(CCl)c1sc(Br)c(Br)c1Br. The van der Waals surface area contributed by atoms with Gasteiger partial charge in [0.2, 0.25) is 0 Å². The summed E-state index contributed by atoms with van der Waals surface area (Å²) >= 11 is 16.7. The molecule has 0 aromatic carbocycles. The van der Waals surface area contributed by atoms with Crippen LogP contribution < -0.4 is 0 Å². The maximum atomic E-state index is 11.2. The fourth-order valence-corrected chi connectivity index (χ4v) is 3.88. The van der Waals surface area contributed by atoms with Crippen molar-refractivity contribution in [3.63, 3.8) is 0 Å². The molecule has 66 valence electrons. The standard InChI is InChI=1S/C6H2Br3ClOS/c7-3-4(8)6(9)12-5(3)2(11)1-10/h1H2. The molecule has 0 bridgehead atoms. The lowest BCUT2D eigenvalue weighted by Crippen LogP contribution is -1.96. The highest BCUT2D eigenvalue weighted by atomic mass is 79.9. The molecule has 6 heteroatoms. The molecule has 0 saturated heterocycles. The Bertz CT molecular complexity index is 323. The molecule has 1 aromatic rings. The van der Waals surface area contributed by atoms with Gasteiger partial charge in [0.05, 0.1) is 23.5 Å². The molecule has 1 aromatic heterocycles. The highest BCUT2D eigenvalue weighted by Gasteiger charge is 2.17. The summed E-state index contributed by atoms with van der Waals surface area (Å²) in [4.78, 5) is 11.8. The number of thiophene rings is 1. The van der Waals surface area contributed by atoms with E-state index in [1.807, 2.05) is 0 Å². The summed E-state index contributed by atoms with van der Waals surface area (Å²) in [5, 5.41) is 0. The number of ketones is 1. The minimum absolute atomic E-state index is 0.0119. The maximum Gasteiger partial charge on any atom is 0.188 e. The monoisotopic (exact) mass is 394 g/mol. The molecule has 1 rings (SSSR count). The van der Waals surface area contributed by atoms with Crippen molar-refractivity contribution in [2.24, 2.45) is 0 Å². The van der Waals surface area contributed by atoms with E-state index in [1.165, 1.54) is 11.3 Å². The van der Waals surface area contributed by atoms with Crippen LogP contribution in [0.25, 0.3) is 0 Å². The van der Waals surface area contributed by atoms with Crippen LogP contribution in [0.5, 0.6) is 0 Å². The highest BCUT2D eigenvalue weighted by molar-refractivity contribution is 9.14. The molecule has 0 aliphatic rings. The first kappa shape index (κ1) is 11.2. The van der Waals surface area contributed by atoms with Gasteiger partial charge in [0.25, 0.3) is 0 Å². The van der Waals surface area contributed by atoms with Gasteiger partial charge in [-0.1, -0.05) is 0 Å². The molecule has 0 fully saturated rings. The largest absolute Gasteiger partial charge is 0.292 e. The third-order valence-corrected chi connectivity index (χ3v) is 6.45. The Balaban J connectivity index is 3.17. The number of alkyl halides is 1. The number of rotatable bonds is 2. The Morgan fingerprint density at radius 2 is 1.92 bits per heavy atom. The van der Waals surface area contributed by atoms with Crippen molar-refractivity contribution in [3.8, 4) is 0 Å². The van der Waals surface area contributed by atoms with Gasteiger partial charge in [0.15, 0.2) is 5.78 Å². The summed E-state index contributed by atoms with van der Waals surface area (Å²) in [5.74, 6) is -0.0576. The van der Waals surface area contributed by atoms with Crippen LogP contribution in [0.15, 0.2) is 12.7 Å². The molecule has 0 aliphatic heterocycles. The van der Waals surface area contributed by atoms with E-state index in [0.717, 1.165) is 12.7 Å². The number of carbonyl (C=O) groups excluding carboxylic acids is 1. The highest BCUT2D eigenvalue weighted by Crippen LogP contribution is 2.41. The fraction of sp³-hybridized carbons (Fsp3) is 0.167. The summed E-state index contributed by atoms with van der Waals surface area (Å²) in [6.07, 6.45) is 0. The van der Waals surface area contributed by atoms with Gasteiger partial charge in [-0.15, -0.1) is 22.9 Å². The number of carbonyl (C=O) groups is 1. The molecule has 1 heterocycles. The Kier molecular flexibility index (Phi) is 4.24. The lowest BCUT2D eigenvalue weighted by molar-refractivity contribution is 0.102. The van der Waals surface area contributed by atoms with Gasteiger partial charge in [0, 0.05) is 0 Å². The number of halogens is 4. The quantitative estimate of drug-likeness (QED) is 0.532. The van der Waals surface area contributed by atoms with Crippen LogP contribution in [-0.2, 0) is 0 Å². The molecular formula is C6H2Br3ClOS. The second-order valence-corrected chi connectivity index (χ2v) is 6.08. The van der Waals surface area contributed by atoms with Gasteiger partial charge in [-0.2, -0.15) is 0 Å². The van der Waals surface area contributed by atoms with E-state index in [2.05, 4.69) is 47.8 Å². The number of hydrogen-bond donors (Lipinski definition) is 0. The minimum atomic E-state index is -0.0695. The number of hydrogen-bond acceptors (Lipinski definition) is 2. The topological polar surface area (TPSA) is 17.1 Å². The van der Waals surface area contributed by atoms with Gasteiger partial charge >= 0.3 is 0 Å². The van der Waals surface area contributed by atoms with Crippen molar-refractivity contribution in [1.29, 1.82) is 0 Å². The van der Waals surface area contributed by atoms with Crippen LogP contribution in [0.4, 0.5) is 0 Å². The van der Waals surface area contributed by atoms with Gasteiger partial charge in [0.1, 0.15) is 0 Å². The third kappa shape index (κ3) is 2.12. The van der Waals surface area contributed by atoms with E-state index in [9.17, 15) is 4.79 Å². The van der Waals surface area contributed by atoms with Gasteiger partial charge in [-0.05, 0) is 47.8 Å². The maximum absolute atomic E-state index is 11.2. The normalized spacial score (nSPS) is 10.3. The van der Waals surface area contributed by atoms with Crippen LogP contribution in [-0.4, -0.2) is 11.7 Å². The molecule has 0 N–H and O–H groups in total. The first-order valence-electron chi connectivity index (χ1n) is 2.80. The van der Waals surface area contributed by atoms with Crippen LogP contribution in [0.1, 0.15) is 9.67 Å². The summed E-state index contributed by atoms with van der Waals surface area (Å²) in [6, 6.07) is 0. The molecule has 0 amide bonds. The average molecular weight is 397 g/mol. The average Bonchev–Trinajstić information content (AvgIpc) is 2.32. The van der Waals surface area contributed by atoms with Crippen LogP contribution in [0.2, 0.25) is 0 Å². The van der Waals surface area contributed by atoms with Crippen molar-refractivity contribution in [2.75, 3.05) is 5.88 Å². The number of Topliss-reactive ketones (excluding diaryl/α,β-unsaturated/α-hetero) is 1. The summed E-state index contributed by atoms with van der Waals surface area (Å²) in [5.41, 5.74) is 0. The van der Waals surface area contributed by atoms with Crippen molar-refractivity contribution in [1.82, 2.24) is 0 Å². The van der Waals surface area contributed by atoms with E-state index in [1.54, 1.807) is 0 Å². The Labute approximate surface area is 104 Å². The van der Waals surface area contributed by atoms with Crippen molar-refractivity contribution >= 4 is 76.5 Å². The zero-order valence-corrected chi connectivity index (χ0v) is 11.9. The van der Waals surface area contributed by atoms with Gasteiger partial charge in [-0.3, -0.25) is 4.79 Å². The summed E-state index contributed by atoms with van der Waals surface area (Å²) in [7, 11) is 0. The molecule has 0 saturated carbocycles. The molecular weight excluding hydrogens is 395 g/mol. The van der Waals surface area contributed by atoms with Gasteiger partial charge < -0.3 is 0 Å². The van der Waals surface area contributed by atoms with Gasteiger partial charge in [-0.25, -0.2) is 0 Å². The van der Waals surface area contributed by atoms with Crippen molar-refractivity contribution in [2.45, 2.75) is 0 Å². The van der Waals surface area contributed by atoms with E-state index in [4.69, 9.17) is 11.6 Å². The van der Waals surface area contributed by atoms with E-state index >= 15 is 0 Å². The second kappa shape index (κ2) is 4.55. The fourth-order valence-electron chi connectivity index (χ4n) is 0.605. The summed E-state index contributed by atoms with van der Waals surface area (Å²) in [6.45, 7) is 0. The van der Waals surface area contributed by atoms with Crippen LogP contribution in [0.3, 0.4) is 0 Å². The van der Waals surface area contributed by atoms with Crippen molar-refractivity contribution in [3.05, 3.63) is 17.6 Å². The first-order valence-corrected chi connectivity index (χ1v) is 6.53. The van der Waals surface area contributed by atoms with Crippen LogP contribution in [0, 0.1) is 0 Å². The first-order chi connectivity index (χ1) is 5.57. The minimum Gasteiger partial charge on any atom is -0.292 e. The Morgan fingerprint density at radius 1 is 1.33 bits per heavy atom. The molecule has 0 unspecified atom stereocenters. The van der Waals surface area contributed by atoms with Crippen molar-refractivity contribution < 1.29 is 4.79 Å². The Hall–Kier alpha value is 1.10.